The van der Waals surface area contributed by atoms with Crippen LogP contribution in [0.3, 0.4) is 0 Å². The molecule has 0 saturated carbocycles. The fourth-order valence-electron chi connectivity index (χ4n) is 6.59. The van der Waals surface area contributed by atoms with Gasteiger partial charge in [-0.15, -0.1) is 0 Å². The maximum atomic E-state index is 10.1. The predicted octanol–water partition coefficient (Wildman–Crippen LogP) is 3.47. The highest BCUT2D eigenvalue weighted by molar-refractivity contribution is 5.29. The molecule has 6 heteroatoms. The van der Waals surface area contributed by atoms with E-state index in [0.717, 1.165) is 33.1 Å². The highest BCUT2D eigenvalue weighted by Crippen LogP contribution is 2.27. The number of aliphatic hydroxyl groups is 3. The van der Waals surface area contributed by atoms with E-state index in [9.17, 15) is 15.3 Å². The number of quaternary nitrogens is 3. The molecule has 0 aliphatic heterocycles. The minimum Gasteiger partial charge on any atom is -0.390 e. The third kappa shape index (κ3) is 8.78. The van der Waals surface area contributed by atoms with Gasteiger partial charge < -0.3 is 28.8 Å². The summed E-state index contributed by atoms with van der Waals surface area (Å²) in [5, 5.41) is 30.4. The summed E-state index contributed by atoms with van der Waals surface area (Å²) in [5.74, 6) is 1.14. The van der Waals surface area contributed by atoms with Crippen molar-refractivity contribution >= 4 is 0 Å². The van der Waals surface area contributed by atoms with Crippen LogP contribution >= 0.6 is 0 Å². The SMILES string of the molecule is CC(C)[C@@H](CO)[N+](C)(C)Cc1cc(C[N+](C)(C)[C@H](CO)C(C)C)cc(C[N+](C)(C)[C@H](CO)C(C)C)c1. The first-order chi connectivity index (χ1) is 16.4. The zero-order valence-electron chi connectivity index (χ0n) is 25.6. The molecule has 0 amide bonds. The second-order valence-corrected chi connectivity index (χ2v) is 13.9. The molecule has 0 unspecified atom stereocenters. The van der Waals surface area contributed by atoms with Crippen molar-refractivity contribution in [2.45, 2.75) is 79.3 Å². The van der Waals surface area contributed by atoms with Crippen LogP contribution < -0.4 is 0 Å². The second kappa shape index (κ2) is 13.2. The van der Waals surface area contributed by atoms with Gasteiger partial charge >= 0.3 is 0 Å². The molecule has 1 aromatic rings. The Morgan fingerprint density at radius 2 is 0.667 bits per heavy atom. The monoisotopic (exact) mass is 510 g/mol. The van der Waals surface area contributed by atoms with Gasteiger partial charge in [0.2, 0.25) is 0 Å². The molecule has 0 aliphatic carbocycles. The molecular formula is C30H60N3O3+3. The molecule has 1 rings (SSSR count). The first-order valence-corrected chi connectivity index (χ1v) is 13.8. The maximum Gasteiger partial charge on any atom is 0.115 e. The highest BCUT2D eigenvalue weighted by Gasteiger charge is 2.34. The Labute approximate surface area is 222 Å². The lowest BCUT2D eigenvalue weighted by molar-refractivity contribution is -0.933. The zero-order chi connectivity index (χ0) is 28.1. The number of nitrogens with zero attached hydrogens (tertiary/aromatic N) is 3. The van der Waals surface area contributed by atoms with Crippen molar-refractivity contribution in [3.8, 4) is 0 Å². The highest BCUT2D eigenvalue weighted by atomic mass is 16.3. The van der Waals surface area contributed by atoms with Crippen molar-refractivity contribution in [2.24, 2.45) is 17.8 Å². The van der Waals surface area contributed by atoms with Crippen LogP contribution in [0.25, 0.3) is 0 Å². The molecule has 1 aromatic carbocycles. The van der Waals surface area contributed by atoms with Crippen LogP contribution in [0.1, 0.15) is 58.2 Å². The Morgan fingerprint density at radius 1 is 0.472 bits per heavy atom. The smallest absolute Gasteiger partial charge is 0.115 e. The van der Waals surface area contributed by atoms with Crippen LogP contribution in [0.4, 0.5) is 0 Å². The molecule has 0 bridgehead atoms. The Morgan fingerprint density at radius 3 is 0.806 bits per heavy atom. The van der Waals surface area contributed by atoms with Crippen molar-refractivity contribution in [1.82, 2.24) is 0 Å². The van der Waals surface area contributed by atoms with Gasteiger partial charge in [0.25, 0.3) is 0 Å². The summed E-state index contributed by atoms with van der Waals surface area (Å²) in [4.78, 5) is 0. The van der Waals surface area contributed by atoms with Crippen molar-refractivity contribution < 1.29 is 28.8 Å². The minimum atomic E-state index is 0.163. The van der Waals surface area contributed by atoms with Gasteiger partial charge in [0.15, 0.2) is 0 Å². The standard InChI is InChI=1S/C30H60N3O3/c1-22(2)28(19-34)31(7,8)16-25-13-26(17-32(9,10)29(20-35)23(3)4)15-27(14-25)18-33(11,12)30(21-36)24(5)6/h13-15,22-24,28-30,34-36H,16-21H2,1-12H3/q+3/t28-,29-,30-/m1/s1. The molecule has 0 aliphatic rings. The molecule has 0 fully saturated rings. The summed E-state index contributed by atoms with van der Waals surface area (Å²) < 4.78 is 2.18. The second-order valence-electron chi connectivity index (χ2n) is 13.9. The fourth-order valence-corrected chi connectivity index (χ4v) is 6.59. The number of rotatable bonds is 15. The largest absolute Gasteiger partial charge is 0.390 e. The molecule has 6 nitrogen and oxygen atoms in total. The number of aliphatic hydroxyl groups excluding tert-OH is 3. The number of hydrogen-bond acceptors (Lipinski definition) is 3. The van der Waals surface area contributed by atoms with E-state index in [4.69, 9.17) is 0 Å². The number of benzene rings is 1. The molecular weight excluding hydrogens is 450 g/mol. The molecule has 3 atom stereocenters. The van der Waals surface area contributed by atoms with Gasteiger partial charge in [0.1, 0.15) is 37.8 Å². The van der Waals surface area contributed by atoms with E-state index >= 15 is 0 Å². The first-order valence-electron chi connectivity index (χ1n) is 13.8. The fraction of sp³-hybridized carbons (Fsp3) is 0.800. The van der Waals surface area contributed by atoms with Gasteiger partial charge in [0, 0.05) is 34.4 Å². The first kappa shape index (κ1) is 33.0. The van der Waals surface area contributed by atoms with Crippen LogP contribution in [0.15, 0.2) is 18.2 Å². The Balaban J connectivity index is 3.52. The summed E-state index contributed by atoms with van der Waals surface area (Å²) in [6.07, 6.45) is 0. The van der Waals surface area contributed by atoms with Crippen LogP contribution in [-0.2, 0) is 19.6 Å². The molecule has 36 heavy (non-hydrogen) atoms. The lowest BCUT2D eigenvalue weighted by atomic mass is 9.96. The zero-order valence-corrected chi connectivity index (χ0v) is 25.6. The number of likely N-dealkylation sites (N-methyl/N-ethyl adjacent to an activating group) is 3. The Hall–Kier alpha value is -1.02. The van der Waals surface area contributed by atoms with Gasteiger partial charge in [-0.3, -0.25) is 0 Å². The molecule has 0 radical (unpaired) electrons. The van der Waals surface area contributed by atoms with Crippen LogP contribution in [0.2, 0.25) is 0 Å². The van der Waals surface area contributed by atoms with Crippen molar-refractivity contribution in [2.75, 3.05) is 62.1 Å². The Bertz CT molecular complexity index is 686. The van der Waals surface area contributed by atoms with Gasteiger partial charge in [-0.25, -0.2) is 0 Å². The lowest BCUT2D eigenvalue weighted by Gasteiger charge is -2.41. The molecule has 210 valence electrons. The van der Waals surface area contributed by atoms with Crippen molar-refractivity contribution in [3.05, 3.63) is 34.9 Å². The van der Waals surface area contributed by atoms with Crippen molar-refractivity contribution in [1.29, 1.82) is 0 Å². The summed E-state index contributed by atoms with van der Waals surface area (Å²) in [6, 6.07) is 7.49. The average molecular weight is 511 g/mol. The molecule has 0 aromatic heterocycles. The molecule has 3 N–H and O–H groups in total. The minimum absolute atomic E-state index is 0.163. The summed E-state index contributed by atoms with van der Waals surface area (Å²) >= 11 is 0. The van der Waals surface area contributed by atoms with Gasteiger partial charge in [-0.05, 0) is 18.2 Å². The predicted molar refractivity (Wildman–Crippen MR) is 151 cm³/mol. The third-order valence-corrected chi connectivity index (χ3v) is 8.45. The summed E-state index contributed by atoms with van der Waals surface area (Å²) in [7, 11) is 13.3. The van der Waals surface area contributed by atoms with E-state index < -0.39 is 0 Å². The van der Waals surface area contributed by atoms with Crippen LogP contribution in [-0.4, -0.2) is 109 Å². The van der Waals surface area contributed by atoms with E-state index in [2.05, 4.69) is 102 Å². The molecule has 0 saturated heterocycles. The maximum absolute atomic E-state index is 10.1. The third-order valence-electron chi connectivity index (χ3n) is 8.45. The lowest BCUT2D eigenvalue weighted by Crippen LogP contribution is -2.53. The van der Waals surface area contributed by atoms with Gasteiger partial charge in [0.05, 0.1) is 62.1 Å². The van der Waals surface area contributed by atoms with Gasteiger partial charge in [-0.2, -0.15) is 0 Å². The van der Waals surface area contributed by atoms with E-state index in [-0.39, 0.29) is 37.9 Å². The summed E-state index contributed by atoms with van der Waals surface area (Å²) in [6.45, 7) is 16.1. The number of hydrogen-bond donors (Lipinski definition) is 3. The Kier molecular flexibility index (Phi) is 12.1. The quantitative estimate of drug-likeness (QED) is 0.317. The van der Waals surface area contributed by atoms with E-state index in [0.29, 0.717) is 17.8 Å². The topological polar surface area (TPSA) is 60.7 Å². The average Bonchev–Trinajstić information content (AvgIpc) is 2.65. The van der Waals surface area contributed by atoms with Crippen LogP contribution in [0.5, 0.6) is 0 Å². The normalized spacial score (nSPS) is 16.2. The molecule has 0 heterocycles. The molecule has 0 spiro atoms. The van der Waals surface area contributed by atoms with E-state index in [1.165, 1.54) is 16.7 Å². The van der Waals surface area contributed by atoms with Crippen LogP contribution in [0, 0.1) is 17.8 Å². The summed E-state index contributed by atoms with van der Waals surface area (Å²) in [5.41, 5.74) is 3.84. The van der Waals surface area contributed by atoms with E-state index in [1.54, 1.807) is 0 Å². The van der Waals surface area contributed by atoms with E-state index in [1.807, 2.05) is 0 Å². The van der Waals surface area contributed by atoms with Gasteiger partial charge in [-0.1, -0.05) is 41.5 Å². The van der Waals surface area contributed by atoms with Crippen molar-refractivity contribution in [3.63, 3.8) is 0 Å².